The maximum atomic E-state index is 14.1. The average Bonchev–Trinajstić information content (AvgIpc) is 3.25. The van der Waals surface area contributed by atoms with Gasteiger partial charge in [0.05, 0.1) is 29.3 Å². The molecule has 1 amide bonds. The number of aliphatic carboxylic acids is 1. The number of sulfonamides is 1. The number of ether oxygens (including phenoxy) is 3. The number of carbonyl (C=O) groups excluding carboxylic acids is 1. The summed E-state index contributed by atoms with van der Waals surface area (Å²) < 4.78 is 84.8. The Balaban J connectivity index is 2.05. The van der Waals surface area contributed by atoms with Crippen LogP contribution >= 0.6 is 11.3 Å². The van der Waals surface area contributed by atoms with Gasteiger partial charge >= 0.3 is 18.2 Å². The van der Waals surface area contributed by atoms with Crippen LogP contribution in [0.1, 0.15) is 53.0 Å². The standard InChI is InChI=1S/C25H32F3N3O8S2/c1-7-19-30-20(22(40-19)37-13(2)3)41(35,36)31-12-16(10-14(4)21(32)33)38-18-9-8-15(11-17(18)31)29-23(34)39-24(5,6)25(26,27)28/h8-9,11,13-14,16H,7,10,12H2,1-6H3,(H,29,34)(H,32,33)/t14-,16+/m1/s1. The second-order valence-electron chi connectivity index (χ2n) is 10.2. The summed E-state index contributed by atoms with van der Waals surface area (Å²) in [6.45, 7) is 7.80. The molecule has 0 bridgehead atoms. The number of halogens is 3. The molecule has 0 fully saturated rings. The molecule has 0 saturated heterocycles. The molecule has 16 heteroatoms. The first kappa shape index (κ1) is 32.2. The molecular formula is C25H32F3N3O8S2. The zero-order valence-electron chi connectivity index (χ0n) is 23.2. The fraction of sp³-hybridized carbons (Fsp3) is 0.560. The maximum Gasteiger partial charge on any atom is 0.427 e. The Morgan fingerprint density at radius 3 is 2.49 bits per heavy atom. The van der Waals surface area contributed by atoms with E-state index in [1.807, 2.05) is 0 Å². The number of aromatic nitrogens is 1. The van der Waals surface area contributed by atoms with E-state index in [4.69, 9.17) is 9.47 Å². The minimum Gasteiger partial charge on any atom is -0.486 e. The molecule has 2 heterocycles. The first-order valence-corrected chi connectivity index (χ1v) is 14.9. The SMILES string of the molecule is CCc1nc(S(=O)(=O)N2C[C@H](C[C@@H](C)C(=O)O)Oc3ccc(NC(=O)OC(C)(C)C(F)(F)F)cc32)c(OC(C)C)s1. The summed E-state index contributed by atoms with van der Waals surface area (Å²) in [4.78, 5) is 28.0. The van der Waals surface area contributed by atoms with Crippen LogP contribution in [0.15, 0.2) is 23.2 Å². The average molecular weight is 624 g/mol. The largest absolute Gasteiger partial charge is 0.486 e. The number of nitrogens with zero attached hydrogens (tertiary/aromatic N) is 2. The number of alkyl halides is 3. The minimum absolute atomic E-state index is 0.0216. The fourth-order valence-electron chi connectivity index (χ4n) is 3.71. The van der Waals surface area contributed by atoms with Crippen molar-refractivity contribution in [2.24, 2.45) is 5.92 Å². The van der Waals surface area contributed by atoms with Crippen LogP contribution in [-0.2, 0) is 26.0 Å². The number of thiazole rings is 1. The first-order valence-electron chi connectivity index (χ1n) is 12.6. The quantitative estimate of drug-likeness (QED) is 0.353. The van der Waals surface area contributed by atoms with Crippen LogP contribution in [0.5, 0.6) is 10.8 Å². The van der Waals surface area contributed by atoms with Gasteiger partial charge < -0.3 is 19.3 Å². The molecule has 1 aromatic heterocycles. The fourth-order valence-corrected chi connectivity index (χ4v) is 6.53. The van der Waals surface area contributed by atoms with Gasteiger partial charge in [-0.15, -0.1) is 0 Å². The highest BCUT2D eigenvalue weighted by atomic mass is 32.2. The summed E-state index contributed by atoms with van der Waals surface area (Å²) in [5.74, 6) is -1.90. The van der Waals surface area contributed by atoms with Crippen LogP contribution in [0.2, 0.25) is 0 Å². The van der Waals surface area contributed by atoms with Crippen LogP contribution in [0.3, 0.4) is 0 Å². The van der Waals surface area contributed by atoms with Crippen LogP contribution < -0.4 is 19.1 Å². The predicted octanol–water partition coefficient (Wildman–Crippen LogP) is 5.45. The number of carboxylic acid groups (broad SMARTS) is 1. The van der Waals surface area contributed by atoms with Gasteiger partial charge in [0.1, 0.15) is 11.9 Å². The monoisotopic (exact) mass is 623 g/mol. The first-order chi connectivity index (χ1) is 18.9. The topological polar surface area (TPSA) is 144 Å². The van der Waals surface area contributed by atoms with Gasteiger partial charge in [-0.05, 0) is 58.7 Å². The van der Waals surface area contributed by atoms with E-state index in [2.05, 4.69) is 15.0 Å². The van der Waals surface area contributed by atoms with E-state index in [1.165, 1.54) is 25.1 Å². The van der Waals surface area contributed by atoms with Gasteiger partial charge in [-0.2, -0.15) is 21.6 Å². The Hall–Kier alpha value is -3.27. The highest BCUT2D eigenvalue weighted by Crippen LogP contribution is 2.43. The van der Waals surface area contributed by atoms with E-state index in [9.17, 15) is 36.3 Å². The van der Waals surface area contributed by atoms with E-state index in [-0.39, 0.29) is 46.3 Å². The summed E-state index contributed by atoms with van der Waals surface area (Å²) in [5, 5.41) is 11.8. The number of nitrogens with one attached hydrogen (secondary N) is 1. The lowest BCUT2D eigenvalue weighted by molar-refractivity contribution is -0.242. The number of aryl methyl sites for hydroxylation is 1. The molecule has 11 nitrogen and oxygen atoms in total. The van der Waals surface area contributed by atoms with Gasteiger partial charge in [0, 0.05) is 5.69 Å². The second kappa shape index (κ2) is 11.9. The number of carboxylic acids is 1. The number of fused-ring (bicyclic) bond motifs is 1. The number of hydrogen-bond donors (Lipinski definition) is 2. The van der Waals surface area contributed by atoms with Crippen LogP contribution in [0.4, 0.5) is 29.3 Å². The summed E-state index contributed by atoms with van der Waals surface area (Å²) in [6.07, 6.45) is -7.05. The normalized spacial score (nSPS) is 16.5. The molecule has 228 valence electrons. The molecule has 0 radical (unpaired) electrons. The van der Waals surface area contributed by atoms with E-state index in [0.717, 1.165) is 15.6 Å². The molecule has 2 atom stereocenters. The lowest BCUT2D eigenvalue weighted by atomic mass is 10.0. The van der Waals surface area contributed by atoms with Crippen molar-refractivity contribution in [2.45, 2.75) is 83.4 Å². The molecule has 2 N–H and O–H groups in total. The van der Waals surface area contributed by atoms with Gasteiger partial charge in [-0.1, -0.05) is 25.2 Å². The zero-order valence-corrected chi connectivity index (χ0v) is 24.9. The lowest BCUT2D eigenvalue weighted by Gasteiger charge is -2.36. The maximum absolute atomic E-state index is 14.1. The molecule has 0 unspecified atom stereocenters. The summed E-state index contributed by atoms with van der Waals surface area (Å²) in [5.41, 5.74) is -2.90. The molecule has 0 aliphatic carbocycles. The van der Waals surface area contributed by atoms with Gasteiger partial charge in [-0.25, -0.2) is 9.78 Å². The molecule has 1 aromatic carbocycles. The second-order valence-corrected chi connectivity index (χ2v) is 13.0. The predicted molar refractivity (Wildman–Crippen MR) is 144 cm³/mol. The number of hydrogen-bond acceptors (Lipinski definition) is 9. The number of anilines is 2. The van der Waals surface area contributed by atoms with Crippen molar-refractivity contribution in [1.29, 1.82) is 0 Å². The summed E-state index contributed by atoms with van der Waals surface area (Å²) in [7, 11) is -4.44. The zero-order chi connectivity index (χ0) is 30.9. The summed E-state index contributed by atoms with van der Waals surface area (Å²) in [6, 6.07) is 3.82. The van der Waals surface area contributed by atoms with E-state index < -0.39 is 45.9 Å². The third-order valence-electron chi connectivity index (χ3n) is 6.00. The lowest BCUT2D eigenvalue weighted by Crippen LogP contribution is -2.45. The third-order valence-corrected chi connectivity index (χ3v) is 8.91. The number of rotatable bonds is 10. The molecule has 3 rings (SSSR count). The Kier molecular flexibility index (Phi) is 9.37. The Labute approximate surface area is 239 Å². The number of benzene rings is 1. The number of amides is 1. The van der Waals surface area contributed by atoms with Crippen LogP contribution in [0, 0.1) is 5.92 Å². The van der Waals surface area contributed by atoms with Crippen molar-refractivity contribution in [3.05, 3.63) is 23.2 Å². The highest BCUT2D eigenvalue weighted by molar-refractivity contribution is 7.93. The Morgan fingerprint density at radius 1 is 1.27 bits per heavy atom. The van der Waals surface area contributed by atoms with Gasteiger partial charge in [-0.3, -0.25) is 14.4 Å². The molecule has 1 aliphatic rings. The van der Waals surface area contributed by atoms with Gasteiger partial charge in [0.15, 0.2) is 0 Å². The van der Waals surface area contributed by atoms with Crippen molar-refractivity contribution < 1.29 is 50.5 Å². The van der Waals surface area contributed by atoms with Gasteiger partial charge in [0.25, 0.3) is 10.0 Å². The van der Waals surface area contributed by atoms with Crippen LogP contribution in [0.25, 0.3) is 0 Å². The number of carbonyl (C=O) groups is 2. The van der Waals surface area contributed by atoms with Crippen molar-refractivity contribution in [3.63, 3.8) is 0 Å². The summed E-state index contributed by atoms with van der Waals surface area (Å²) >= 11 is 1.08. The van der Waals surface area contributed by atoms with Crippen molar-refractivity contribution >= 4 is 44.8 Å². The van der Waals surface area contributed by atoms with Crippen molar-refractivity contribution in [2.75, 3.05) is 16.2 Å². The minimum atomic E-state index is -4.83. The molecular weight excluding hydrogens is 591 g/mol. The van der Waals surface area contributed by atoms with E-state index in [0.29, 0.717) is 25.3 Å². The van der Waals surface area contributed by atoms with Crippen molar-refractivity contribution in [1.82, 2.24) is 4.98 Å². The molecule has 1 aliphatic heterocycles. The molecule has 0 spiro atoms. The smallest absolute Gasteiger partial charge is 0.427 e. The molecule has 2 aromatic rings. The van der Waals surface area contributed by atoms with E-state index >= 15 is 0 Å². The van der Waals surface area contributed by atoms with Crippen LogP contribution in [-0.4, -0.2) is 61.1 Å². The Bertz CT molecular complexity index is 1390. The Morgan fingerprint density at radius 2 is 1.93 bits per heavy atom. The van der Waals surface area contributed by atoms with E-state index in [1.54, 1.807) is 20.8 Å². The van der Waals surface area contributed by atoms with Crippen molar-refractivity contribution in [3.8, 4) is 10.8 Å². The molecule has 41 heavy (non-hydrogen) atoms. The molecule has 0 saturated carbocycles. The highest BCUT2D eigenvalue weighted by Gasteiger charge is 2.51. The third kappa shape index (κ3) is 7.33. The van der Waals surface area contributed by atoms with Gasteiger partial charge in [0.2, 0.25) is 15.7 Å².